The van der Waals surface area contributed by atoms with E-state index >= 15 is 0 Å². The fraction of sp³-hybridized carbons (Fsp3) is 0.250. The molecule has 0 spiro atoms. The summed E-state index contributed by atoms with van der Waals surface area (Å²) in [6.45, 7) is 3.67. The summed E-state index contributed by atoms with van der Waals surface area (Å²) in [6, 6.07) is 10.6. The van der Waals surface area contributed by atoms with Crippen LogP contribution in [0.2, 0.25) is 5.02 Å². The molecule has 0 saturated heterocycles. The van der Waals surface area contributed by atoms with Gasteiger partial charge in [-0.05, 0) is 50.1 Å². The number of aryl methyl sites for hydroxylation is 1. The summed E-state index contributed by atoms with van der Waals surface area (Å²) in [4.78, 5) is 26.4. The number of carbonyl (C=O) groups is 1. The number of benzene rings is 1. The number of hydrogen-bond acceptors (Lipinski definition) is 2. The van der Waals surface area contributed by atoms with Gasteiger partial charge in [0.25, 0.3) is 11.5 Å². The second-order valence-corrected chi connectivity index (χ2v) is 5.53. The average Bonchev–Trinajstić information content (AvgIpc) is 2.41. The lowest BCUT2D eigenvalue weighted by Gasteiger charge is -2.14. The summed E-state index contributed by atoms with van der Waals surface area (Å²) in [7, 11) is 0. The Hall–Kier alpha value is -2.07. The molecule has 0 unspecified atom stereocenters. The monoisotopic (exact) mass is 304 g/mol. The van der Waals surface area contributed by atoms with E-state index < -0.39 is 0 Å². The van der Waals surface area contributed by atoms with Crippen LogP contribution in [0.4, 0.5) is 0 Å². The molecular formula is C16H17ClN2O2. The van der Waals surface area contributed by atoms with E-state index in [0.29, 0.717) is 11.4 Å². The number of carbonyl (C=O) groups excluding carboxylic acids is 1. The number of aromatic amines is 1. The third-order valence-electron chi connectivity index (χ3n) is 3.13. The van der Waals surface area contributed by atoms with Crippen molar-refractivity contribution in [1.82, 2.24) is 10.3 Å². The lowest BCUT2D eigenvalue weighted by Crippen LogP contribution is -2.37. The highest BCUT2D eigenvalue weighted by Gasteiger charge is 2.13. The molecule has 0 radical (unpaired) electrons. The minimum atomic E-state index is -0.369. The first-order valence-electron chi connectivity index (χ1n) is 6.71. The maximum absolute atomic E-state index is 12.1. The van der Waals surface area contributed by atoms with Crippen molar-refractivity contribution >= 4 is 17.5 Å². The second kappa shape index (κ2) is 6.59. The van der Waals surface area contributed by atoms with Crippen LogP contribution in [-0.2, 0) is 6.42 Å². The molecule has 5 heteroatoms. The quantitative estimate of drug-likeness (QED) is 0.912. The molecule has 0 aliphatic heterocycles. The minimum absolute atomic E-state index is 0.0839. The standard InChI is InChI=1S/C16H17ClN2O2/c1-10-3-8-14(15(20)18-10)16(21)19-11(2)9-12-4-6-13(17)7-5-12/h3-8,11H,9H2,1-2H3,(H,18,20)(H,19,21)/t11-/m0/s1. The molecule has 1 amide bonds. The summed E-state index contributed by atoms with van der Waals surface area (Å²) in [5, 5.41) is 3.51. The van der Waals surface area contributed by atoms with Gasteiger partial charge in [-0.15, -0.1) is 0 Å². The third kappa shape index (κ3) is 4.20. The maximum atomic E-state index is 12.1. The first-order chi connectivity index (χ1) is 9.95. The van der Waals surface area contributed by atoms with Crippen LogP contribution in [0.1, 0.15) is 28.5 Å². The molecule has 0 bridgehead atoms. The SMILES string of the molecule is Cc1ccc(C(=O)N[C@@H](C)Cc2ccc(Cl)cc2)c(=O)[nH]1. The molecule has 2 rings (SSSR count). The number of hydrogen-bond donors (Lipinski definition) is 2. The molecule has 1 aromatic carbocycles. The smallest absolute Gasteiger partial charge is 0.260 e. The topological polar surface area (TPSA) is 62.0 Å². The van der Waals surface area contributed by atoms with Crippen LogP contribution in [0.5, 0.6) is 0 Å². The molecule has 1 heterocycles. The molecule has 0 aliphatic rings. The summed E-state index contributed by atoms with van der Waals surface area (Å²) < 4.78 is 0. The van der Waals surface area contributed by atoms with Gasteiger partial charge >= 0.3 is 0 Å². The van der Waals surface area contributed by atoms with Crippen LogP contribution >= 0.6 is 11.6 Å². The number of amides is 1. The fourth-order valence-corrected chi connectivity index (χ4v) is 2.20. The predicted octanol–water partition coefficient (Wildman–Crippen LogP) is 2.70. The number of rotatable bonds is 4. The molecule has 2 aromatic rings. The maximum Gasteiger partial charge on any atom is 0.260 e. The van der Waals surface area contributed by atoms with Crippen molar-refractivity contribution in [2.75, 3.05) is 0 Å². The van der Waals surface area contributed by atoms with Crippen molar-refractivity contribution in [2.45, 2.75) is 26.3 Å². The van der Waals surface area contributed by atoms with E-state index in [4.69, 9.17) is 11.6 Å². The average molecular weight is 305 g/mol. The first-order valence-corrected chi connectivity index (χ1v) is 7.09. The van der Waals surface area contributed by atoms with E-state index in [2.05, 4.69) is 10.3 Å². The van der Waals surface area contributed by atoms with Crippen molar-refractivity contribution in [2.24, 2.45) is 0 Å². The lowest BCUT2D eigenvalue weighted by molar-refractivity contribution is 0.0938. The number of H-pyrrole nitrogens is 1. The largest absolute Gasteiger partial charge is 0.349 e. The van der Waals surface area contributed by atoms with E-state index in [0.717, 1.165) is 11.3 Å². The molecule has 0 saturated carbocycles. The van der Waals surface area contributed by atoms with Crippen LogP contribution < -0.4 is 10.9 Å². The third-order valence-corrected chi connectivity index (χ3v) is 3.38. The highest BCUT2D eigenvalue weighted by molar-refractivity contribution is 6.30. The van der Waals surface area contributed by atoms with E-state index in [1.54, 1.807) is 19.1 Å². The number of nitrogens with one attached hydrogen (secondary N) is 2. The zero-order valence-electron chi connectivity index (χ0n) is 11.9. The Morgan fingerprint density at radius 2 is 1.90 bits per heavy atom. The fourth-order valence-electron chi connectivity index (χ4n) is 2.08. The van der Waals surface area contributed by atoms with Crippen molar-refractivity contribution in [3.05, 3.63) is 68.6 Å². The Labute approximate surface area is 128 Å². The first kappa shape index (κ1) is 15.3. The van der Waals surface area contributed by atoms with Crippen molar-refractivity contribution in [3.8, 4) is 0 Å². The van der Waals surface area contributed by atoms with Crippen molar-refractivity contribution in [1.29, 1.82) is 0 Å². The molecule has 4 nitrogen and oxygen atoms in total. The Bertz CT molecular complexity index is 692. The Morgan fingerprint density at radius 1 is 1.24 bits per heavy atom. The number of aromatic nitrogens is 1. The summed E-state index contributed by atoms with van der Waals surface area (Å²) in [6.07, 6.45) is 0.673. The molecule has 0 aliphatic carbocycles. The van der Waals surface area contributed by atoms with Gasteiger partial charge < -0.3 is 10.3 Å². The van der Waals surface area contributed by atoms with E-state index in [1.807, 2.05) is 31.2 Å². The van der Waals surface area contributed by atoms with E-state index in [9.17, 15) is 9.59 Å². The lowest BCUT2D eigenvalue weighted by atomic mass is 10.1. The van der Waals surface area contributed by atoms with Crippen molar-refractivity contribution in [3.63, 3.8) is 0 Å². The zero-order valence-corrected chi connectivity index (χ0v) is 12.7. The Morgan fingerprint density at radius 3 is 2.52 bits per heavy atom. The van der Waals surface area contributed by atoms with Gasteiger partial charge in [-0.25, -0.2) is 0 Å². The van der Waals surface area contributed by atoms with Gasteiger partial charge in [0.15, 0.2) is 0 Å². The molecule has 2 N–H and O–H groups in total. The minimum Gasteiger partial charge on any atom is -0.349 e. The van der Waals surface area contributed by atoms with Gasteiger partial charge in [0, 0.05) is 16.8 Å². The van der Waals surface area contributed by atoms with Gasteiger partial charge in [0.05, 0.1) is 0 Å². The van der Waals surface area contributed by atoms with Crippen molar-refractivity contribution < 1.29 is 4.79 Å². The van der Waals surface area contributed by atoms with Gasteiger partial charge in [0.2, 0.25) is 0 Å². The molecule has 1 atom stereocenters. The van der Waals surface area contributed by atoms with Gasteiger partial charge in [-0.3, -0.25) is 9.59 Å². The highest BCUT2D eigenvalue weighted by Crippen LogP contribution is 2.11. The van der Waals surface area contributed by atoms with Crippen LogP contribution in [-0.4, -0.2) is 16.9 Å². The van der Waals surface area contributed by atoms with Crippen LogP contribution in [0.25, 0.3) is 0 Å². The molecule has 1 aromatic heterocycles. The highest BCUT2D eigenvalue weighted by atomic mass is 35.5. The van der Waals surface area contributed by atoms with E-state index in [-0.39, 0.29) is 23.1 Å². The van der Waals surface area contributed by atoms with Gasteiger partial charge in [-0.1, -0.05) is 23.7 Å². The molecule has 0 fully saturated rings. The second-order valence-electron chi connectivity index (χ2n) is 5.09. The van der Waals surface area contributed by atoms with Crippen LogP contribution in [0.3, 0.4) is 0 Å². The van der Waals surface area contributed by atoms with Crippen LogP contribution in [0.15, 0.2) is 41.2 Å². The summed E-state index contributed by atoms with van der Waals surface area (Å²) in [5.41, 5.74) is 1.56. The predicted molar refractivity (Wildman–Crippen MR) is 83.9 cm³/mol. The summed E-state index contributed by atoms with van der Waals surface area (Å²) in [5.74, 6) is -0.363. The Kier molecular flexibility index (Phi) is 4.81. The van der Waals surface area contributed by atoms with Crippen LogP contribution in [0, 0.1) is 6.92 Å². The molecular weight excluding hydrogens is 288 g/mol. The Balaban J connectivity index is 2.01. The normalized spacial score (nSPS) is 12.0. The van der Waals surface area contributed by atoms with E-state index in [1.165, 1.54) is 0 Å². The number of halogens is 1. The number of pyridine rings is 1. The zero-order chi connectivity index (χ0) is 15.4. The van der Waals surface area contributed by atoms with Gasteiger partial charge in [-0.2, -0.15) is 0 Å². The summed E-state index contributed by atoms with van der Waals surface area (Å²) >= 11 is 5.83. The molecule has 21 heavy (non-hydrogen) atoms. The van der Waals surface area contributed by atoms with Gasteiger partial charge in [0.1, 0.15) is 5.56 Å². The molecule has 110 valence electrons.